The van der Waals surface area contributed by atoms with Crippen LogP contribution in [0.2, 0.25) is 0 Å². The molecule has 2 aromatic carbocycles. The zero-order chi connectivity index (χ0) is 20.6. The van der Waals surface area contributed by atoms with Gasteiger partial charge in [-0.1, -0.05) is 38.1 Å². The number of para-hydroxylation sites is 1. The van der Waals surface area contributed by atoms with Gasteiger partial charge in [0, 0.05) is 11.1 Å². The van der Waals surface area contributed by atoms with Crippen LogP contribution in [0, 0.1) is 0 Å². The summed E-state index contributed by atoms with van der Waals surface area (Å²) in [5.74, 6) is -0.104. The van der Waals surface area contributed by atoms with Gasteiger partial charge in [-0.2, -0.15) is 18.3 Å². The van der Waals surface area contributed by atoms with Gasteiger partial charge in [0.25, 0.3) is 0 Å². The number of hydrogen-bond donors (Lipinski definition) is 4. The van der Waals surface area contributed by atoms with Crippen LogP contribution in [0.15, 0.2) is 48.7 Å². The molecule has 3 rings (SSSR count). The maximum atomic E-state index is 13.8. The second kappa shape index (κ2) is 7.01. The molecular formula is C20H22F3N3O2. The van der Waals surface area contributed by atoms with Crippen LogP contribution in [0.5, 0.6) is 5.75 Å². The molecule has 0 spiro atoms. The van der Waals surface area contributed by atoms with E-state index < -0.39 is 30.2 Å². The monoisotopic (exact) mass is 393 g/mol. The van der Waals surface area contributed by atoms with Gasteiger partial charge in [0.1, 0.15) is 5.75 Å². The SMILES string of the molecule is CC(C)(CC(O)(CNc1cccc2[nH]ncc12)C(F)(F)F)c1ccccc1O. The fourth-order valence-electron chi connectivity index (χ4n) is 3.50. The molecule has 0 amide bonds. The van der Waals surface area contributed by atoms with Crippen molar-refractivity contribution in [1.82, 2.24) is 10.2 Å². The molecule has 8 heteroatoms. The van der Waals surface area contributed by atoms with Crippen LogP contribution >= 0.6 is 0 Å². The van der Waals surface area contributed by atoms with Crippen LogP contribution in [-0.4, -0.2) is 38.7 Å². The number of anilines is 1. The summed E-state index contributed by atoms with van der Waals surface area (Å²) in [5.41, 5.74) is -2.68. The first-order valence-electron chi connectivity index (χ1n) is 8.77. The fourth-order valence-corrected chi connectivity index (χ4v) is 3.50. The summed E-state index contributed by atoms with van der Waals surface area (Å²) >= 11 is 0. The summed E-state index contributed by atoms with van der Waals surface area (Å²) in [4.78, 5) is 0. The molecular weight excluding hydrogens is 371 g/mol. The van der Waals surface area contributed by atoms with E-state index >= 15 is 0 Å². The number of fused-ring (bicyclic) bond motifs is 1. The highest BCUT2D eigenvalue weighted by atomic mass is 19.4. The van der Waals surface area contributed by atoms with E-state index in [4.69, 9.17) is 0 Å². The van der Waals surface area contributed by atoms with Gasteiger partial charge < -0.3 is 15.5 Å². The molecule has 3 aromatic rings. The Bertz CT molecular complexity index is 968. The minimum atomic E-state index is -4.87. The topological polar surface area (TPSA) is 81.2 Å². The third-order valence-corrected chi connectivity index (χ3v) is 4.95. The predicted molar refractivity (Wildman–Crippen MR) is 101 cm³/mol. The molecule has 0 aliphatic carbocycles. The Hall–Kier alpha value is -2.74. The first kappa shape index (κ1) is 20.0. The highest BCUT2D eigenvalue weighted by Crippen LogP contribution is 2.43. The van der Waals surface area contributed by atoms with Gasteiger partial charge in [0.05, 0.1) is 18.3 Å². The van der Waals surface area contributed by atoms with Crippen LogP contribution in [0.3, 0.4) is 0 Å². The number of aromatic amines is 1. The molecule has 5 nitrogen and oxygen atoms in total. The molecule has 150 valence electrons. The molecule has 0 saturated heterocycles. The largest absolute Gasteiger partial charge is 0.508 e. The number of H-pyrrole nitrogens is 1. The molecule has 4 N–H and O–H groups in total. The quantitative estimate of drug-likeness (QED) is 0.502. The molecule has 0 fully saturated rings. The highest BCUT2D eigenvalue weighted by molar-refractivity contribution is 5.90. The number of nitrogens with one attached hydrogen (secondary N) is 2. The third kappa shape index (κ3) is 3.77. The first-order valence-corrected chi connectivity index (χ1v) is 8.77. The molecule has 1 atom stereocenters. The van der Waals surface area contributed by atoms with Crippen LogP contribution in [0.4, 0.5) is 18.9 Å². The summed E-state index contributed by atoms with van der Waals surface area (Å²) in [6.07, 6.45) is -3.99. The van der Waals surface area contributed by atoms with E-state index in [2.05, 4.69) is 15.5 Å². The summed E-state index contributed by atoms with van der Waals surface area (Å²) in [7, 11) is 0. The maximum Gasteiger partial charge on any atom is 0.418 e. The number of alkyl halides is 3. The van der Waals surface area contributed by atoms with Crippen molar-refractivity contribution in [3.05, 3.63) is 54.2 Å². The Labute approximate surface area is 160 Å². The van der Waals surface area contributed by atoms with Crippen molar-refractivity contribution >= 4 is 16.6 Å². The van der Waals surface area contributed by atoms with E-state index in [9.17, 15) is 23.4 Å². The van der Waals surface area contributed by atoms with Gasteiger partial charge in [0.2, 0.25) is 0 Å². The molecule has 0 aliphatic rings. The molecule has 1 aromatic heterocycles. The minimum Gasteiger partial charge on any atom is -0.508 e. The number of nitrogens with zero attached hydrogens (tertiary/aromatic N) is 1. The molecule has 1 heterocycles. The van der Waals surface area contributed by atoms with Crippen molar-refractivity contribution < 1.29 is 23.4 Å². The zero-order valence-electron chi connectivity index (χ0n) is 15.5. The lowest BCUT2D eigenvalue weighted by Gasteiger charge is -2.38. The number of aromatic hydroxyl groups is 1. The summed E-state index contributed by atoms with van der Waals surface area (Å²) in [6.45, 7) is 2.39. The van der Waals surface area contributed by atoms with Crippen molar-refractivity contribution in [2.45, 2.75) is 37.5 Å². The lowest BCUT2D eigenvalue weighted by Crippen LogP contribution is -2.53. The third-order valence-electron chi connectivity index (χ3n) is 4.95. The molecule has 0 aliphatic heterocycles. The Morgan fingerprint density at radius 2 is 1.79 bits per heavy atom. The highest BCUT2D eigenvalue weighted by Gasteiger charge is 2.56. The molecule has 0 radical (unpaired) electrons. The summed E-state index contributed by atoms with van der Waals surface area (Å²) in [5, 5.41) is 30.7. The normalized spacial score (nSPS) is 14.8. The smallest absolute Gasteiger partial charge is 0.418 e. The maximum absolute atomic E-state index is 13.8. The van der Waals surface area contributed by atoms with Crippen LogP contribution < -0.4 is 5.32 Å². The number of phenolic OH excluding ortho intramolecular Hbond substituents is 1. The molecule has 0 bridgehead atoms. The van der Waals surface area contributed by atoms with E-state index in [-0.39, 0.29) is 5.75 Å². The van der Waals surface area contributed by atoms with E-state index in [1.54, 1.807) is 50.2 Å². The number of rotatable bonds is 6. The minimum absolute atomic E-state index is 0.104. The number of halogens is 3. The number of benzene rings is 2. The van der Waals surface area contributed by atoms with E-state index in [1.165, 1.54) is 12.3 Å². The van der Waals surface area contributed by atoms with Gasteiger partial charge in [-0.25, -0.2) is 0 Å². The van der Waals surface area contributed by atoms with Gasteiger partial charge in [0.15, 0.2) is 5.60 Å². The molecule has 0 saturated carbocycles. The van der Waals surface area contributed by atoms with Crippen LogP contribution in [0.25, 0.3) is 10.9 Å². The first-order chi connectivity index (χ1) is 13.0. The lowest BCUT2D eigenvalue weighted by atomic mass is 9.74. The Morgan fingerprint density at radius 1 is 1.07 bits per heavy atom. The van der Waals surface area contributed by atoms with Gasteiger partial charge >= 0.3 is 6.18 Å². The van der Waals surface area contributed by atoms with E-state index in [0.717, 1.165) is 0 Å². The van der Waals surface area contributed by atoms with Crippen molar-refractivity contribution in [3.63, 3.8) is 0 Å². The van der Waals surface area contributed by atoms with Gasteiger partial charge in [-0.05, 0) is 35.6 Å². The average Bonchev–Trinajstić information content (AvgIpc) is 3.08. The number of aromatic nitrogens is 2. The summed E-state index contributed by atoms with van der Waals surface area (Å²) in [6, 6.07) is 11.3. The van der Waals surface area contributed by atoms with E-state index in [1.807, 2.05) is 0 Å². The number of aliphatic hydroxyl groups is 1. The lowest BCUT2D eigenvalue weighted by molar-refractivity contribution is -0.260. The Balaban J connectivity index is 1.88. The average molecular weight is 393 g/mol. The van der Waals surface area contributed by atoms with Gasteiger partial charge in [-0.3, -0.25) is 5.10 Å². The second-order valence-corrected chi connectivity index (χ2v) is 7.60. The summed E-state index contributed by atoms with van der Waals surface area (Å²) < 4.78 is 41.5. The zero-order valence-corrected chi connectivity index (χ0v) is 15.5. The molecule has 28 heavy (non-hydrogen) atoms. The Morgan fingerprint density at radius 3 is 2.46 bits per heavy atom. The number of hydrogen-bond acceptors (Lipinski definition) is 4. The van der Waals surface area contributed by atoms with E-state index in [0.29, 0.717) is 22.2 Å². The molecule has 1 unspecified atom stereocenters. The van der Waals surface area contributed by atoms with Crippen molar-refractivity contribution in [2.24, 2.45) is 0 Å². The van der Waals surface area contributed by atoms with Crippen LogP contribution in [0.1, 0.15) is 25.8 Å². The second-order valence-electron chi connectivity index (χ2n) is 7.60. The van der Waals surface area contributed by atoms with Crippen molar-refractivity contribution in [1.29, 1.82) is 0 Å². The van der Waals surface area contributed by atoms with Crippen LogP contribution in [-0.2, 0) is 5.41 Å². The Kier molecular flexibility index (Phi) is 5.01. The fraction of sp³-hybridized carbons (Fsp3) is 0.350. The van der Waals surface area contributed by atoms with Crippen molar-refractivity contribution in [2.75, 3.05) is 11.9 Å². The van der Waals surface area contributed by atoms with Gasteiger partial charge in [-0.15, -0.1) is 0 Å². The predicted octanol–water partition coefficient (Wildman–Crippen LogP) is 4.34. The van der Waals surface area contributed by atoms with Crippen molar-refractivity contribution in [3.8, 4) is 5.75 Å². The number of phenols is 1. The standard InChI is InChI=1S/C20H22F3N3O2/c1-18(2,14-6-3-4-9-17(14)27)11-19(28,20(21,22)23)12-24-15-7-5-8-16-13(15)10-25-26-16/h3-10,24,27-28H,11-12H2,1-2H3,(H,25,26).